The minimum absolute atomic E-state index is 0.175. The van der Waals surface area contributed by atoms with Crippen molar-refractivity contribution >= 4 is 16.9 Å². The number of aromatic nitrogens is 3. The number of rotatable bonds is 3. The maximum Gasteiger partial charge on any atom is 0.335 e. The third-order valence-corrected chi connectivity index (χ3v) is 4.08. The van der Waals surface area contributed by atoms with Crippen LogP contribution in [0.25, 0.3) is 27.7 Å². The highest BCUT2D eigenvalue weighted by molar-refractivity contribution is 5.87. The number of nitrogens with one attached hydrogen (secondary N) is 1. The minimum Gasteiger partial charge on any atom is -0.478 e. The van der Waals surface area contributed by atoms with E-state index in [1.165, 1.54) is 41.2 Å². The van der Waals surface area contributed by atoms with Gasteiger partial charge in [0.1, 0.15) is 5.82 Å². The lowest BCUT2D eigenvalue weighted by atomic mass is 10.1. The molecule has 4 rings (SSSR count). The molecule has 6 nitrogen and oxygen atoms in total. The Kier molecular flexibility index (Phi) is 3.62. The first kappa shape index (κ1) is 15.8. The van der Waals surface area contributed by atoms with Crippen molar-refractivity contribution in [3.8, 4) is 16.8 Å². The van der Waals surface area contributed by atoms with Crippen LogP contribution in [0.2, 0.25) is 0 Å². The van der Waals surface area contributed by atoms with Gasteiger partial charge >= 0.3 is 5.97 Å². The summed E-state index contributed by atoms with van der Waals surface area (Å²) in [6, 6.07) is 12.0. The van der Waals surface area contributed by atoms with Crippen LogP contribution in [-0.2, 0) is 0 Å². The van der Waals surface area contributed by atoms with Crippen LogP contribution in [0.3, 0.4) is 0 Å². The molecule has 128 valence electrons. The molecular weight excluding hydrogens is 337 g/mol. The number of fused-ring (bicyclic) bond motifs is 1. The highest BCUT2D eigenvalue weighted by Crippen LogP contribution is 2.21. The van der Waals surface area contributed by atoms with E-state index in [0.29, 0.717) is 27.7 Å². The molecule has 0 saturated carbocycles. The number of carboxylic acids is 1. The molecule has 2 aromatic heterocycles. The van der Waals surface area contributed by atoms with Gasteiger partial charge in [0.15, 0.2) is 0 Å². The molecule has 0 atom stereocenters. The zero-order chi connectivity index (χ0) is 18.3. The molecule has 26 heavy (non-hydrogen) atoms. The Balaban J connectivity index is 1.76. The number of nitrogens with zero attached hydrogens (tertiary/aromatic N) is 2. The van der Waals surface area contributed by atoms with Crippen molar-refractivity contribution in [2.45, 2.75) is 0 Å². The van der Waals surface area contributed by atoms with Gasteiger partial charge in [-0.15, -0.1) is 0 Å². The van der Waals surface area contributed by atoms with E-state index >= 15 is 0 Å². The van der Waals surface area contributed by atoms with E-state index in [1.807, 2.05) is 0 Å². The van der Waals surface area contributed by atoms with Crippen molar-refractivity contribution in [2.75, 3.05) is 0 Å². The summed E-state index contributed by atoms with van der Waals surface area (Å²) in [6.07, 6.45) is 3.19. The van der Waals surface area contributed by atoms with Crippen molar-refractivity contribution in [1.29, 1.82) is 0 Å². The van der Waals surface area contributed by atoms with E-state index in [4.69, 9.17) is 5.11 Å². The Morgan fingerprint density at radius 2 is 1.88 bits per heavy atom. The summed E-state index contributed by atoms with van der Waals surface area (Å²) < 4.78 is 15.0. The normalized spacial score (nSPS) is 11.0. The number of benzene rings is 2. The van der Waals surface area contributed by atoms with Gasteiger partial charge in [-0.25, -0.2) is 13.9 Å². The predicted octanol–water partition coefficient (Wildman–Crippen LogP) is 3.22. The van der Waals surface area contributed by atoms with Crippen molar-refractivity contribution in [2.24, 2.45) is 0 Å². The SMILES string of the molecule is O=C(O)c1ccc(-n2cc(-c3cc4cc(F)ccc4[nH]c3=O)cn2)cc1. The largest absolute Gasteiger partial charge is 0.478 e. The molecule has 0 spiro atoms. The summed E-state index contributed by atoms with van der Waals surface area (Å²) >= 11 is 0. The molecule has 0 radical (unpaired) electrons. The fourth-order valence-corrected chi connectivity index (χ4v) is 2.75. The summed E-state index contributed by atoms with van der Waals surface area (Å²) in [6.45, 7) is 0. The van der Waals surface area contributed by atoms with Gasteiger partial charge in [-0.2, -0.15) is 5.10 Å². The average Bonchev–Trinajstić information content (AvgIpc) is 3.11. The summed E-state index contributed by atoms with van der Waals surface area (Å²) in [7, 11) is 0. The van der Waals surface area contributed by atoms with Crippen molar-refractivity contribution in [3.05, 3.63) is 82.7 Å². The number of aromatic carboxylic acids is 1. The lowest BCUT2D eigenvalue weighted by molar-refractivity contribution is 0.0697. The molecule has 2 N–H and O–H groups in total. The quantitative estimate of drug-likeness (QED) is 0.594. The Bertz CT molecular complexity index is 1190. The molecule has 0 bridgehead atoms. The molecule has 0 amide bonds. The van der Waals surface area contributed by atoms with E-state index in [2.05, 4.69) is 10.1 Å². The molecule has 0 aliphatic heterocycles. The van der Waals surface area contributed by atoms with Crippen LogP contribution in [0.5, 0.6) is 0 Å². The standard InChI is InChI=1S/C19H12FN3O3/c20-14-3-6-17-12(7-14)8-16(18(24)22-17)13-9-21-23(10-13)15-4-1-11(2-5-15)19(25)26/h1-10H,(H,22,24)(H,25,26). The average molecular weight is 349 g/mol. The van der Waals surface area contributed by atoms with Gasteiger partial charge in [0, 0.05) is 22.7 Å². The molecule has 2 heterocycles. The van der Waals surface area contributed by atoms with Crippen LogP contribution in [0, 0.1) is 5.82 Å². The molecular formula is C19H12FN3O3. The van der Waals surface area contributed by atoms with Gasteiger partial charge in [0.05, 0.1) is 23.0 Å². The number of hydrogen-bond acceptors (Lipinski definition) is 3. The highest BCUT2D eigenvalue weighted by Gasteiger charge is 2.10. The van der Waals surface area contributed by atoms with E-state index in [9.17, 15) is 14.0 Å². The van der Waals surface area contributed by atoms with E-state index in [1.54, 1.807) is 24.4 Å². The van der Waals surface area contributed by atoms with Crippen molar-refractivity contribution in [3.63, 3.8) is 0 Å². The zero-order valence-corrected chi connectivity index (χ0v) is 13.3. The van der Waals surface area contributed by atoms with Crippen LogP contribution >= 0.6 is 0 Å². The Morgan fingerprint density at radius 3 is 2.62 bits per heavy atom. The molecule has 0 aliphatic carbocycles. The fourth-order valence-electron chi connectivity index (χ4n) is 2.75. The number of aromatic amines is 1. The van der Waals surface area contributed by atoms with Gasteiger partial charge in [-0.3, -0.25) is 4.79 Å². The van der Waals surface area contributed by atoms with E-state index < -0.39 is 5.97 Å². The molecule has 0 unspecified atom stereocenters. The first-order valence-corrected chi connectivity index (χ1v) is 7.72. The second-order valence-corrected chi connectivity index (χ2v) is 5.77. The second kappa shape index (κ2) is 5.96. The molecule has 2 aromatic carbocycles. The van der Waals surface area contributed by atoms with Gasteiger partial charge in [0.2, 0.25) is 0 Å². The Labute approximate surface area is 146 Å². The Hall–Kier alpha value is -3.74. The van der Waals surface area contributed by atoms with Crippen LogP contribution in [0.15, 0.2) is 65.7 Å². The monoisotopic (exact) mass is 349 g/mol. The van der Waals surface area contributed by atoms with Gasteiger partial charge in [-0.05, 0) is 48.5 Å². The maximum absolute atomic E-state index is 13.4. The molecule has 7 heteroatoms. The highest BCUT2D eigenvalue weighted by atomic mass is 19.1. The third-order valence-electron chi connectivity index (χ3n) is 4.08. The number of carboxylic acid groups (broad SMARTS) is 1. The van der Waals surface area contributed by atoms with Crippen molar-refractivity contribution < 1.29 is 14.3 Å². The first-order chi connectivity index (χ1) is 12.5. The summed E-state index contributed by atoms with van der Waals surface area (Å²) in [5.74, 6) is -1.39. The van der Waals surface area contributed by atoms with Crippen LogP contribution in [0.1, 0.15) is 10.4 Å². The number of hydrogen-bond donors (Lipinski definition) is 2. The molecule has 0 aliphatic rings. The summed E-state index contributed by atoms with van der Waals surface area (Å²) in [5, 5.41) is 13.7. The van der Waals surface area contributed by atoms with Crippen LogP contribution in [0.4, 0.5) is 4.39 Å². The summed E-state index contributed by atoms with van der Waals surface area (Å²) in [4.78, 5) is 26.0. The van der Waals surface area contributed by atoms with Crippen LogP contribution in [-0.4, -0.2) is 25.8 Å². The topological polar surface area (TPSA) is 88.0 Å². The lowest BCUT2D eigenvalue weighted by Crippen LogP contribution is -2.08. The predicted molar refractivity (Wildman–Crippen MR) is 94.0 cm³/mol. The van der Waals surface area contributed by atoms with Gasteiger partial charge in [-0.1, -0.05) is 0 Å². The van der Waals surface area contributed by atoms with Gasteiger partial charge in [0.25, 0.3) is 5.56 Å². The molecule has 4 aromatic rings. The number of carbonyl (C=O) groups is 1. The van der Waals surface area contributed by atoms with Crippen molar-refractivity contribution in [1.82, 2.24) is 14.8 Å². The summed E-state index contributed by atoms with van der Waals surface area (Å²) in [5.41, 5.74) is 2.02. The fraction of sp³-hybridized carbons (Fsp3) is 0. The second-order valence-electron chi connectivity index (χ2n) is 5.77. The molecule has 0 fully saturated rings. The van der Waals surface area contributed by atoms with E-state index in [-0.39, 0.29) is 16.9 Å². The van der Waals surface area contributed by atoms with Gasteiger partial charge < -0.3 is 10.1 Å². The smallest absolute Gasteiger partial charge is 0.335 e. The van der Waals surface area contributed by atoms with E-state index in [0.717, 1.165) is 0 Å². The minimum atomic E-state index is -1.01. The third kappa shape index (κ3) is 2.75. The maximum atomic E-state index is 13.4. The van der Waals surface area contributed by atoms with Crippen LogP contribution < -0.4 is 5.56 Å². The zero-order valence-electron chi connectivity index (χ0n) is 13.3. The Morgan fingerprint density at radius 1 is 1.12 bits per heavy atom. The first-order valence-electron chi connectivity index (χ1n) is 7.72. The number of pyridine rings is 1. The molecule has 0 saturated heterocycles. The number of H-pyrrole nitrogens is 1. The number of halogens is 1. The lowest BCUT2D eigenvalue weighted by Gasteiger charge is -2.03.